The van der Waals surface area contributed by atoms with Gasteiger partial charge in [-0.1, -0.05) is 41.6 Å². The molecule has 3 rings (SSSR count). The first-order valence-corrected chi connectivity index (χ1v) is 10.7. The number of hydrogen-bond donors (Lipinski definition) is 2. The SMILES string of the molecule is Cc1ccc(NC(=O)CSc2nnc([C@@H](C)NC(=O)c3ccccc3F)n2C)c(C)c1. The van der Waals surface area contributed by atoms with Crippen LogP contribution in [0.15, 0.2) is 47.6 Å². The minimum Gasteiger partial charge on any atom is -0.342 e. The van der Waals surface area contributed by atoms with Crippen LogP contribution < -0.4 is 10.6 Å². The Kier molecular flexibility index (Phi) is 7.06. The van der Waals surface area contributed by atoms with E-state index in [9.17, 15) is 14.0 Å². The van der Waals surface area contributed by atoms with E-state index in [1.807, 2.05) is 32.0 Å². The fourth-order valence-corrected chi connectivity index (χ4v) is 3.80. The topological polar surface area (TPSA) is 88.9 Å². The van der Waals surface area contributed by atoms with Crippen LogP contribution in [0.5, 0.6) is 0 Å². The van der Waals surface area contributed by atoms with E-state index in [1.54, 1.807) is 24.6 Å². The van der Waals surface area contributed by atoms with Crippen LogP contribution in [0.25, 0.3) is 0 Å². The van der Waals surface area contributed by atoms with E-state index < -0.39 is 17.8 Å². The number of hydrogen-bond acceptors (Lipinski definition) is 5. The Morgan fingerprint density at radius 2 is 1.90 bits per heavy atom. The van der Waals surface area contributed by atoms with E-state index in [4.69, 9.17) is 0 Å². The van der Waals surface area contributed by atoms with Gasteiger partial charge in [-0.05, 0) is 44.5 Å². The molecule has 0 bridgehead atoms. The molecule has 2 N–H and O–H groups in total. The smallest absolute Gasteiger partial charge is 0.254 e. The molecular formula is C22H24FN5O2S. The summed E-state index contributed by atoms with van der Waals surface area (Å²) in [6, 6.07) is 11.1. The van der Waals surface area contributed by atoms with Crippen LogP contribution in [-0.2, 0) is 11.8 Å². The molecule has 0 aliphatic carbocycles. The molecule has 0 saturated heterocycles. The Balaban J connectivity index is 1.59. The Morgan fingerprint density at radius 3 is 2.61 bits per heavy atom. The number of aryl methyl sites for hydroxylation is 2. The molecule has 0 unspecified atom stereocenters. The molecule has 0 spiro atoms. The Morgan fingerprint density at radius 1 is 1.16 bits per heavy atom. The maximum atomic E-state index is 13.8. The molecule has 3 aromatic rings. The summed E-state index contributed by atoms with van der Waals surface area (Å²) in [6.45, 7) is 5.69. The van der Waals surface area contributed by atoms with Crippen molar-refractivity contribution in [1.82, 2.24) is 20.1 Å². The molecule has 0 fully saturated rings. The highest BCUT2D eigenvalue weighted by Crippen LogP contribution is 2.21. The van der Waals surface area contributed by atoms with Crippen molar-refractivity contribution < 1.29 is 14.0 Å². The number of halogens is 1. The Hall–Kier alpha value is -3.20. The van der Waals surface area contributed by atoms with Crippen LogP contribution in [0.3, 0.4) is 0 Å². The molecule has 1 aromatic heterocycles. The third kappa shape index (κ3) is 5.49. The standard InChI is InChI=1S/C22H24FN5O2S/c1-13-9-10-18(14(2)11-13)25-19(29)12-31-22-27-26-20(28(22)4)15(3)24-21(30)16-7-5-6-8-17(16)23/h5-11,15H,12H2,1-4H3,(H,24,30)(H,25,29)/t15-/m1/s1. The van der Waals surface area contributed by atoms with Crippen molar-refractivity contribution >= 4 is 29.3 Å². The van der Waals surface area contributed by atoms with E-state index in [0.29, 0.717) is 11.0 Å². The molecule has 2 amide bonds. The summed E-state index contributed by atoms with van der Waals surface area (Å²) in [4.78, 5) is 24.7. The van der Waals surface area contributed by atoms with Crippen LogP contribution in [-0.4, -0.2) is 32.3 Å². The molecule has 7 nitrogen and oxygen atoms in total. The number of amides is 2. The van der Waals surface area contributed by atoms with Crippen molar-refractivity contribution in [2.24, 2.45) is 7.05 Å². The molecule has 2 aromatic carbocycles. The average Bonchev–Trinajstić information content (AvgIpc) is 3.09. The van der Waals surface area contributed by atoms with Gasteiger partial charge in [-0.2, -0.15) is 0 Å². The van der Waals surface area contributed by atoms with Crippen LogP contribution in [0.1, 0.15) is 40.3 Å². The largest absolute Gasteiger partial charge is 0.342 e. The van der Waals surface area contributed by atoms with Gasteiger partial charge in [0.25, 0.3) is 5.91 Å². The van der Waals surface area contributed by atoms with Gasteiger partial charge in [-0.15, -0.1) is 10.2 Å². The number of carbonyl (C=O) groups excluding carboxylic acids is 2. The van der Waals surface area contributed by atoms with Gasteiger partial charge >= 0.3 is 0 Å². The zero-order chi connectivity index (χ0) is 22.5. The molecule has 9 heteroatoms. The monoisotopic (exact) mass is 441 g/mol. The fourth-order valence-electron chi connectivity index (χ4n) is 3.08. The predicted octanol–water partition coefficient (Wildman–Crippen LogP) is 3.79. The first-order chi connectivity index (χ1) is 14.8. The lowest BCUT2D eigenvalue weighted by Crippen LogP contribution is -2.29. The normalized spacial score (nSPS) is 11.8. The highest BCUT2D eigenvalue weighted by Gasteiger charge is 2.20. The van der Waals surface area contributed by atoms with Gasteiger partial charge in [0.05, 0.1) is 17.4 Å². The van der Waals surface area contributed by atoms with Crippen molar-refractivity contribution in [2.75, 3.05) is 11.1 Å². The first kappa shape index (κ1) is 22.5. The van der Waals surface area contributed by atoms with Crippen molar-refractivity contribution in [1.29, 1.82) is 0 Å². The number of nitrogens with zero attached hydrogens (tertiary/aromatic N) is 3. The summed E-state index contributed by atoms with van der Waals surface area (Å²) in [6.07, 6.45) is 0. The quantitative estimate of drug-likeness (QED) is 0.545. The van der Waals surface area contributed by atoms with Gasteiger partial charge in [0, 0.05) is 12.7 Å². The highest BCUT2D eigenvalue weighted by atomic mass is 32.2. The number of thioether (sulfide) groups is 1. The summed E-state index contributed by atoms with van der Waals surface area (Å²) in [7, 11) is 1.76. The molecule has 1 heterocycles. The van der Waals surface area contributed by atoms with Crippen molar-refractivity contribution in [2.45, 2.75) is 32.0 Å². The maximum absolute atomic E-state index is 13.8. The summed E-state index contributed by atoms with van der Waals surface area (Å²) in [5, 5.41) is 14.4. The highest BCUT2D eigenvalue weighted by molar-refractivity contribution is 7.99. The summed E-state index contributed by atoms with van der Waals surface area (Å²) < 4.78 is 15.5. The predicted molar refractivity (Wildman–Crippen MR) is 119 cm³/mol. The van der Waals surface area contributed by atoms with Crippen LogP contribution in [0, 0.1) is 19.7 Å². The minimum absolute atomic E-state index is 0.0332. The third-order valence-electron chi connectivity index (χ3n) is 4.71. The first-order valence-electron chi connectivity index (χ1n) is 9.71. The van der Waals surface area contributed by atoms with E-state index in [-0.39, 0.29) is 17.2 Å². The molecule has 0 aliphatic rings. The van der Waals surface area contributed by atoms with Crippen molar-refractivity contribution in [3.05, 3.63) is 70.8 Å². The van der Waals surface area contributed by atoms with Crippen molar-refractivity contribution in [3.8, 4) is 0 Å². The second kappa shape index (κ2) is 9.74. The van der Waals surface area contributed by atoms with Crippen molar-refractivity contribution in [3.63, 3.8) is 0 Å². The summed E-state index contributed by atoms with van der Waals surface area (Å²) in [5.41, 5.74) is 2.87. The summed E-state index contributed by atoms with van der Waals surface area (Å²) in [5.74, 6) is -0.605. The molecular weight excluding hydrogens is 417 g/mol. The van der Waals surface area contributed by atoms with Gasteiger partial charge in [-0.3, -0.25) is 9.59 Å². The van der Waals surface area contributed by atoms with Gasteiger partial charge in [0.15, 0.2) is 11.0 Å². The number of aromatic nitrogens is 3. The summed E-state index contributed by atoms with van der Waals surface area (Å²) >= 11 is 1.24. The Labute approximate surface area is 184 Å². The molecule has 31 heavy (non-hydrogen) atoms. The Bertz CT molecular complexity index is 1120. The van der Waals surface area contributed by atoms with Gasteiger partial charge in [0.2, 0.25) is 5.91 Å². The van der Waals surface area contributed by atoms with Gasteiger partial charge in [-0.25, -0.2) is 4.39 Å². The third-order valence-corrected chi connectivity index (χ3v) is 5.73. The number of benzene rings is 2. The van der Waals surface area contributed by atoms with E-state index in [1.165, 1.54) is 30.0 Å². The molecule has 162 valence electrons. The molecule has 1 atom stereocenters. The van der Waals surface area contributed by atoms with Crippen LogP contribution >= 0.6 is 11.8 Å². The number of nitrogens with one attached hydrogen (secondary N) is 2. The second-order valence-corrected chi connectivity index (χ2v) is 8.17. The van der Waals surface area contributed by atoms with Gasteiger partial charge in [0.1, 0.15) is 5.82 Å². The lowest BCUT2D eigenvalue weighted by molar-refractivity contribution is -0.113. The van der Waals surface area contributed by atoms with E-state index in [2.05, 4.69) is 20.8 Å². The fraction of sp³-hybridized carbons (Fsp3) is 0.273. The molecule has 0 saturated carbocycles. The van der Waals surface area contributed by atoms with Crippen LogP contribution in [0.2, 0.25) is 0 Å². The molecule has 0 radical (unpaired) electrons. The maximum Gasteiger partial charge on any atom is 0.254 e. The lowest BCUT2D eigenvalue weighted by Gasteiger charge is -2.14. The van der Waals surface area contributed by atoms with E-state index >= 15 is 0 Å². The zero-order valence-corrected chi connectivity index (χ0v) is 18.6. The van der Waals surface area contributed by atoms with Gasteiger partial charge < -0.3 is 15.2 Å². The zero-order valence-electron chi connectivity index (χ0n) is 17.8. The minimum atomic E-state index is -0.587. The van der Waals surface area contributed by atoms with Crippen LogP contribution in [0.4, 0.5) is 10.1 Å². The van der Waals surface area contributed by atoms with E-state index in [0.717, 1.165) is 16.8 Å². The number of anilines is 1. The lowest BCUT2D eigenvalue weighted by atomic mass is 10.1. The molecule has 0 aliphatic heterocycles. The average molecular weight is 442 g/mol. The number of carbonyl (C=O) groups is 2. The second-order valence-electron chi connectivity index (χ2n) is 7.23. The number of rotatable bonds is 7.